The maximum Gasteiger partial charge on any atom is 0.165 e. The minimum absolute atomic E-state index is 0.237. The summed E-state index contributed by atoms with van der Waals surface area (Å²) in [4.78, 5) is 4.19. The predicted octanol–water partition coefficient (Wildman–Crippen LogP) is 1.81. The number of imidazole rings is 1. The van der Waals surface area contributed by atoms with E-state index in [1.807, 2.05) is 23.9 Å². The summed E-state index contributed by atoms with van der Waals surface area (Å²) in [5, 5.41) is 0. The van der Waals surface area contributed by atoms with Gasteiger partial charge in [0.05, 0.1) is 25.2 Å². The van der Waals surface area contributed by atoms with Crippen LogP contribution in [0.5, 0.6) is 5.75 Å². The van der Waals surface area contributed by atoms with E-state index in [1.54, 1.807) is 12.4 Å². The van der Waals surface area contributed by atoms with Crippen molar-refractivity contribution >= 4 is 0 Å². The molecule has 0 spiro atoms. The van der Waals surface area contributed by atoms with E-state index in [-0.39, 0.29) is 17.6 Å². The summed E-state index contributed by atoms with van der Waals surface area (Å²) in [7, 11) is 3.33. The van der Waals surface area contributed by atoms with E-state index in [1.165, 1.54) is 13.2 Å². The van der Waals surface area contributed by atoms with Gasteiger partial charge in [0, 0.05) is 13.2 Å². The van der Waals surface area contributed by atoms with Crippen molar-refractivity contribution in [1.82, 2.24) is 9.55 Å². The first-order valence-electron chi connectivity index (χ1n) is 5.66. The summed E-state index contributed by atoms with van der Waals surface area (Å²) in [6.45, 7) is 0. The number of benzene rings is 1. The molecular formula is C13H16FN3O. The molecule has 0 saturated heterocycles. The Bertz CT molecular complexity index is 539. The number of aromatic nitrogens is 2. The molecule has 5 heteroatoms. The fraction of sp³-hybridized carbons (Fsp3) is 0.308. The number of hydrogen-bond donors (Lipinski definition) is 1. The number of aryl methyl sites for hydroxylation is 1. The van der Waals surface area contributed by atoms with Gasteiger partial charge in [0.2, 0.25) is 0 Å². The van der Waals surface area contributed by atoms with Crippen molar-refractivity contribution in [3.63, 3.8) is 0 Å². The fourth-order valence-corrected chi connectivity index (χ4v) is 1.82. The summed E-state index contributed by atoms with van der Waals surface area (Å²) in [6, 6.07) is 4.63. The van der Waals surface area contributed by atoms with Gasteiger partial charge in [0.15, 0.2) is 11.6 Å². The zero-order valence-electron chi connectivity index (χ0n) is 10.4. The molecule has 0 aliphatic heterocycles. The van der Waals surface area contributed by atoms with Crippen LogP contribution in [0.15, 0.2) is 30.7 Å². The Morgan fingerprint density at radius 2 is 2.28 bits per heavy atom. The van der Waals surface area contributed by atoms with E-state index in [0.29, 0.717) is 6.42 Å². The van der Waals surface area contributed by atoms with Gasteiger partial charge in [0.1, 0.15) is 0 Å². The zero-order valence-corrected chi connectivity index (χ0v) is 10.4. The number of nitrogens with two attached hydrogens (primary N) is 1. The Balaban J connectivity index is 2.12. The summed E-state index contributed by atoms with van der Waals surface area (Å²) < 4.78 is 20.2. The third kappa shape index (κ3) is 2.68. The van der Waals surface area contributed by atoms with E-state index < -0.39 is 0 Å². The molecule has 1 heterocycles. The summed E-state index contributed by atoms with van der Waals surface area (Å²) in [6.07, 6.45) is 4.10. The maximum absolute atomic E-state index is 13.5. The third-order valence-corrected chi connectivity index (χ3v) is 2.78. The molecule has 1 aromatic heterocycles. The Labute approximate surface area is 105 Å². The largest absolute Gasteiger partial charge is 0.494 e. The lowest BCUT2D eigenvalue weighted by molar-refractivity contribution is 0.386. The van der Waals surface area contributed by atoms with Gasteiger partial charge in [0.25, 0.3) is 0 Å². The van der Waals surface area contributed by atoms with E-state index >= 15 is 0 Å². The van der Waals surface area contributed by atoms with Crippen LogP contribution < -0.4 is 10.5 Å². The van der Waals surface area contributed by atoms with Gasteiger partial charge in [-0.05, 0) is 24.1 Å². The minimum atomic E-state index is -0.372. The Morgan fingerprint density at radius 1 is 1.50 bits per heavy atom. The first-order valence-corrected chi connectivity index (χ1v) is 5.66. The van der Waals surface area contributed by atoms with Crippen molar-refractivity contribution in [2.45, 2.75) is 12.5 Å². The molecule has 1 aromatic carbocycles. The highest BCUT2D eigenvalue weighted by molar-refractivity contribution is 5.30. The first kappa shape index (κ1) is 12.6. The second-order valence-electron chi connectivity index (χ2n) is 4.24. The van der Waals surface area contributed by atoms with Crippen LogP contribution in [-0.4, -0.2) is 16.7 Å². The van der Waals surface area contributed by atoms with Crippen molar-refractivity contribution in [2.24, 2.45) is 12.8 Å². The second kappa shape index (κ2) is 5.18. The summed E-state index contributed by atoms with van der Waals surface area (Å²) >= 11 is 0. The molecule has 0 amide bonds. The summed E-state index contributed by atoms with van der Waals surface area (Å²) in [5.74, 6) is -0.131. The van der Waals surface area contributed by atoms with Crippen LogP contribution in [0, 0.1) is 5.82 Å². The Morgan fingerprint density at radius 3 is 2.83 bits per heavy atom. The molecular weight excluding hydrogens is 233 g/mol. The van der Waals surface area contributed by atoms with Gasteiger partial charge in [-0.15, -0.1) is 0 Å². The van der Waals surface area contributed by atoms with E-state index in [2.05, 4.69) is 4.98 Å². The molecule has 0 radical (unpaired) electrons. The van der Waals surface area contributed by atoms with Crippen LogP contribution in [0.2, 0.25) is 0 Å². The van der Waals surface area contributed by atoms with Crippen molar-refractivity contribution in [3.05, 3.63) is 47.8 Å². The Kier molecular flexibility index (Phi) is 3.62. The lowest BCUT2D eigenvalue weighted by atomic mass is 10.0. The van der Waals surface area contributed by atoms with Gasteiger partial charge in [-0.25, -0.2) is 9.37 Å². The van der Waals surface area contributed by atoms with Crippen molar-refractivity contribution in [1.29, 1.82) is 0 Å². The van der Waals surface area contributed by atoms with Crippen molar-refractivity contribution < 1.29 is 9.13 Å². The average Bonchev–Trinajstić information content (AvgIpc) is 2.76. The van der Waals surface area contributed by atoms with Gasteiger partial charge in [-0.2, -0.15) is 0 Å². The molecule has 0 aliphatic rings. The molecule has 1 atom stereocenters. The number of methoxy groups -OCH3 is 1. The van der Waals surface area contributed by atoms with E-state index in [9.17, 15) is 4.39 Å². The lowest BCUT2D eigenvalue weighted by Gasteiger charge is -2.10. The number of rotatable bonds is 4. The quantitative estimate of drug-likeness (QED) is 0.899. The third-order valence-electron chi connectivity index (χ3n) is 2.78. The minimum Gasteiger partial charge on any atom is -0.494 e. The summed E-state index contributed by atoms with van der Waals surface area (Å²) in [5.41, 5.74) is 7.66. The number of ether oxygens (including phenoxy) is 1. The molecule has 0 aliphatic carbocycles. The van der Waals surface area contributed by atoms with Crippen LogP contribution in [0.1, 0.15) is 17.3 Å². The van der Waals surface area contributed by atoms with E-state index in [4.69, 9.17) is 10.5 Å². The van der Waals surface area contributed by atoms with Gasteiger partial charge in [-0.1, -0.05) is 6.07 Å². The smallest absolute Gasteiger partial charge is 0.165 e. The molecule has 2 rings (SSSR count). The van der Waals surface area contributed by atoms with Crippen LogP contribution in [-0.2, 0) is 13.5 Å². The molecule has 2 N–H and O–H groups in total. The number of hydrogen-bond acceptors (Lipinski definition) is 3. The molecule has 18 heavy (non-hydrogen) atoms. The highest BCUT2D eigenvalue weighted by Gasteiger charge is 2.11. The fourth-order valence-electron chi connectivity index (χ4n) is 1.82. The normalized spacial score (nSPS) is 12.4. The van der Waals surface area contributed by atoms with Gasteiger partial charge < -0.3 is 15.0 Å². The molecule has 0 bridgehead atoms. The standard InChI is InChI=1S/C13H16FN3O/c1-17-7-12(16-8-17)11(15)6-9-3-4-13(18-2)10(14)5-9/h3-5,7-8,11H,6,15H2,1-2H3. The first-order chi connectivity index (χ1) is 8.60. The van der Waals surface area contributed by atoms with Crippen molar-refractivity contribution in [2.75, 3.05) is 7.11 Å². The molecule has 2 aromatic rings. The molecule has 0 saturated carbocycles. The second-order valence-corrected chi connectivity index (χ2v) is 4.24. The number of nitrogens with zero attached hydrogens (tertiary/aromatic N) is 2. The Hall–Kier alpha value is -1.88. The van der Waals surface area contributed by atoms with Crippen LogP contribution in [0.25, 0.3) is 0 Å². The van der Waals surface area contributed by atoms with Crippen molar-refractivity contribution in [3.8, 4) is 5.75 Å². The molecule has 4 nitrogen and oxygen atoms in total. The SMILES string of the molecule is COc1ccc(CC(N)c2cn(C)cn2)cc1F. The zero-order chi connectivity index (χ0) is 13.1. The molecule has 96 valence electrons. The maximum atomic E-state index is 13.5. The average molecular weight is 249 g/mol. The lowest BCUT2D eigenvalue weighted by Crippen LogP contribution is -2.14. The van der Waals surface area contributed by atoms with Gasteiger partial charge >= 0.3 is 0 Å². The highest BCUT2D eigenvalue weighted by Crippen LogP contribution is 2.20. The predicted molar refractivity (Wildman–Crippen MR) is 66.8 cm³/mol. The topological polar surface area (TPSA) is 53.1 Å². The van der Waals surface area contributed by atoms with E-state index in [0.717, 1.165) is 11.3 Å². The molecule has 0 fully saturated rings. The van der Waals surface area contributed by atoms with Crippen LogP contribution in [0.3, 0.4) is 0 Å². The van der Waals surface area contributed by atoms with Crippen LogP contribution >= 0.6 is 0 Å². The molecule has 1 unspecified atom stereocenters. The monoisotopic (exact) mass is 249 g/mol. The highest BCUT2D eigenvalue weighted by atomic mass is 19.1. The van der Waals surface area contributed by atoms with Gasteiger partial charge in [-0.3, -0.25) is 0 Å². The van der Waals surface area contributed by atoms with Crippen LogP contribution in [0.4, 0.5) is 4.39 Å². The number of halogens is 1.